The molecule has 1 aromatic carbocycles. The van der Waals surface area contributed by atoms with Gasteiger partial charge in [-0.3, -0.25) is 0 Å². The van der Waals surface area contributed by atoms with Gasteiger partial charge in [0, 0.05) is 5.56 Å². The SMILES string of the molecule is CCOc1ccccc1-c1cn2nc(CC)sc2n1. The van der Waals surface area contributed by atoms with E-state index >= 15 is 0 Å². The lowest BCUT2D eigenvalue weighted by Crippen LogP contribution is -1.93. The molecule has 0 spiro atoms. The highest BCUT2D eigenvalue weighted by atomic mass is 32.1. The molecule has 2 aromatic heterocycles. The maximum Gasteiger partial charge on any atom is 0.212 e. The highest BCUT2D eigenvalue weighted by Gasteiger charge is 2.12. The van der Waals surface area contributed by atoms with Crippen LogP contribution in [-0.2, 0) is 6.42 Å². The second kappa shape index (κ2) is 5.01. The molecule has 19 heavy (non-hydrogen) atoms. The Morgan fingerprint density at radius 3 is 2.84 bits per heavy atom. The number of nitrogens with zero attached hydrogens (tertiary/aromatic N) is 3. The van der Waals surface area contributed by atoms with Crippen LogP contribution >= 0.6 is 11.3 Å². The van der Waals surface area contributed by atoms with E-state index in [4.69, 9.17) is 4.74 Å². The Labute approximate surface area is 115 Å². The minimum atomic E-state index is 0.650. The number of aromatic nitrogens is 3. The highest BCUT2D eigenvalue weighted by molar-refractivity contribution is 7.16. The summed E-state index contributed by atoms with van der Waals surface area (Å²) < 4.78 is 7.49. The number of para-hydroxylation sites is 1. The van der Waals surface area contributed by atoms with Gasteiger partial charge >= 0.3 is 0 Å². The Hall–Kier alpha value is -1.88. The fourth-order valence-electron chi connectivity index (χ4n) is 1.97. The molecular weight excluding hydrogens is 258 g/mol. The van der Waals surface area contributed by atoms with Crippen LogP contribution in [-0.4, -0.2) is 21.2 Å². The van der Waals surface area contributed by atoms with Crippen LogP contribution in [0.2, 0.25) is 0 Å². The fraction of sp³-hybridized carbons (Fsp3) is 0.286. The van der Waals surface area contributed by atoms with Crippen molar-refractivity contribution >= 4 is 16.3 Å². The molecule has 0 amide bonds. The third-order valence-electron chi connectivity index (χ3n) is 2.85. The largest absolute Gasteiger partial charge is 0.493 e. The summed E-state index contributed by atoms with van der Waals surface area (Å²) >= 11 is 1.63. The van der Waals surface area contributed by atoms with Gasteiger partial charge in [-0.1, -0.05) is 30.4 Å². The minimum absolute atomic E-state index is 0.650. The number of fused-ring (bicyclic) bond motifs is 1. The smallest absolute Gasteiger partial charge is 0.212 e. The first kappa shape index (κ1) is 12.2. The van der Waals surface area contributed by atoms with E-state index in [1.165, 1.54) is 0 Å². The van der Waals surface area contributed by atoms with Gasteiger partial charge in [0.05, 0.1) is 18.5 Å². The maximum atomic E-state index is 5.64. The second-order valence-corrected chi connectivity index (χ2v) is 5.17. The van der Waals surface area contributed by atoms with Gasteiger partial charge in [0.1, 0.15) is 10.8 Å². The zero-order valence-corrected chi connectivity index (χ0v) is 11.8. The highest BCUT2D eigenvalue weighted by Crippen LogP contribution is 2.30. The predicted molar refractivity (Wildman–Crippen MR) is 76.8 cm³/mol. The summed E-state index contributed by atoms with van der Waals surface area (Å²) in [6.45, 7) is 4.73. The lowest BCUT2D eigenvalue weighted by atomic mass is 10.1. The third-order valence-corrected chi connectivity index (χ3v) is 3.92. The summed E-state index contributed by atoms with van der Waals surface area (Å²) in [6.07, 6.45) is 2.90. The van der Waals surface area contributed by atoms with Crippen LogP contribution in [0.25, 0.3) is 16.2 Å². The molecule has 0 aliphatic rings. The molecule has 0 saturated heterocycles. The van der Waals surface area contributed by atoms with Crippen LogP contribution in [0, 0.1) is 0 Å². The molecule has 0 aliphatic carbocycles. The molecule has 0 bridgehead atoms. The van der Waals surface area contributed by atoms with Gasteiger partial charge in [-0.15, -0.1) is 0 Å². The number of aryl methyl sites for hydroxylation is 1. The van der Waals surface area contributed by atoms with Crippen LogP contribution in [0.3, 0.4) is 0 Å². The van der Waals surface area contributed by atoms with E-state index in [1.807, 2.05) is 41.9 Å². The van der Waals surface area contributed by atoms with Crippen molar-refractivity contribution in [3.63, 3.8) is 0 Å². The van der Waals surface area contributed by atoms with Crippen molar-refractivity contribution in [2.45, 2.75) is 20.3 Å². The number of ether oxygens (including phenoxy) is 1. The van der Waals surface area contributed by atoms with E-state index in [0.29, 0.717) is 6.61 Å². The Morgan fingerprint density at radius 2 is 2.11 bits per heavy atom. The summed E-state index contributed by atoms with van der Waals surface area (Å²) in [5.41, 5.74) is 1.92. The normalized spacial score (nSPS) is 11.1. The van der Waals surface area contributed by atoms with Gasteiger partial charge in [0.25, 0.3) is 0 Å². The summed E-state index contributed by atoms with van der Waals surface area (Å²) in [7, 11) is 0. The number of benzene rings is 1. The van der Waals surface area contributed by atoms with Gasteiger partial charge < -0.3 is 4.74 Å². The number of imidazole rings is 1. The first-order chi connectivity index (χ1) is 9.31. The Kier molecular flexibility index (Phi) is 3.21. The zero-order chi connectivity index (χ0) is 13.2. The lowest BCUT2D eigenvalue weighted by molar-refractivity contribution is 0.341. The molecule has 0 fully saturated rings. The Morgan fingerprint density at radius 1 is 1.26 bits per heavy atom. The molecule has 0 atom stereocenters. The molecule has 0 aliphatic heterocycles. The first-order valence-corrected chi connectivity index (χ1v) is 7.20. The summed E-state index contributed by atoms with van der Waals surface area (Å²) in [6, 6.07) is 7.96. The molecule has 0 saturated carbocycles. The van der Waals surface area contributed by atoms with Crippen molar-refractivity contribution in [2.75, 3.05) is 6.61 Å². The molecule has 0 unspecified atom stereocenters. The quantitative estimate of drug-likeness (QED) is 0.731. The van der Waals surface area contributed by atoms with Gasteiger partial charge in [-0.2, -0.15) is 5.10 Å². The molecule has 98 valence electrons. The Bertz CT molecular complexity index is 670. The molecule has 0 N–H and O–H groups in total. The van der Waals surface area contributed by atoms with Gasteiger partial charge in [-0.05, 0) is 25.5 Å². The van der Waals surface area contributed by atoms with E-state index in [-0.39, 0.29) is 0 Å². The van der Waals surface area contributed by atoms with Crippen LogP contribution in [0.4, 0.5) is 0 Å². The standard InChI is InChI=1S/C14H15N3OS/c1-3-13-16-17-9-11(15-14(17)19-13)10-7-5-6-8-12(10)18-4-2/h5-9H,3-4H2,1-2H3. The van der Waals surface area contributed by atoms with Crippen molar-refractivity contribution < 1.29 is 4.74 Å². The van der Waals surface area contributed by atoms with Crippen molar-refractivity contribution in [2.24, 2.45) is 0 Å². The molecule has 4 nitrogen and oxygen atoms in total. The van der Waals surface area contributed by atoms with Crippen molar-refractivity contribution in [1.82, 2.24) is 14.6 Å². The van der Waals surface area contributed by atoms with Gasteiger partial charge in [0.2, 0.25) is 4.96 Å². The van der Waals surface area contributed by atoms with Crippen molar-refractivity contribution in [1.29, 1.82) is 0 Å². The molecule has 3 aromatic rings. The first-order valence-electron chi connectivity index (χ1n) is 6.39. The van der Waals surface area contributed by atoms with Gasteiger partial charge in [-0.25, -0.2) is 9.50 Å². The van der Waals surface area contributed by atoms with E-state index in [2.05, 4.69) is 17.0 Å². The van der Waals surface area contributed by atoms with Crippen LogP contribution in [0.1, 0.15) is 18.9 Å². The van der Waals surface area contributed by atoms with E-state index in [9.17, 15) is 0 Å². The molecule has 0 radical (unpaired) electrons. The van der Waals surface area contributed by atoms with Crippen LogP contribution in [0.15, 0.2) is 30.5 Å². The summed E-state index contributed by atoms with van der Waals surface area (Å²) in [4.78, 5) is 5.56. The molecule has 3 rings (SSSR count). The lowest BCUT2D eigenvalue weighted by Gasteiger charge is -2.07. The predicted octanol–water partition coefficient (Wildman–Crippen LogP) is 3.42. The maximum absolute atomic E-state index is 5.64. The fourth-order valence-corrected chi connectivity index (χ4v) is 2.79. The molecular formula is C14H15N3OS. The monoisotopic (exact) mass is 273 g/mol. The van der Waals surface area contributed by atoms with Crippen LogP contribution in [0.5, 0.6) is 5.75 Å². The number of hydrogen-bond donors (Lipinski definition) is 0. The summed E-state index contributed by atoms with van der Waals surface area (Å²) in [5, 5.41) is 5.59. The van der Waals surface area contributed by atoms with Crippen molar-refractivity contribution in [3.8, 4) is 17.0 Å². The molecule has 5 heteroatoms. The minimum Gasteiger partial charge on any atom is -0.493 e. The Balaban J connectivity index is 2.06. The topological polar surface area (TPSA) is 39.4 Å². The zero-order valence-electron chi connectivity index (χ0n) is 11.0. The van der Waals surface area contributed by atoms with E-state index in [1.54, 1.807) is 11.3 Å². The average molecular weight is 273 g/mol. The second-order valence-electron chi connectivity index (χ2n) is 4.13. The van der Waals surface area contributed by atoms with Crippen LogP contribution < -0.4 is 4.74 Å². The van der Waals surface area contributed by atoms with E-state index in [0.717, 1.165) is 33.4 Å². The average Bonchev–Trinajstić information content (AvgIpc) is 2.97. The van der Waals surface area contributed by atoms with Crippen molar-refractivity contribution in [3.05, 3.63) is 35.5 Å². The number of hydrogen-bond acceptors (Lipinski definition) is 4. The molecule has 2 heterocycles. The summed E-state index contributed by atoms with van der Waals surface area (Å²) in [5.74, 6) is 0.867. The third kappa shape index (κ3) is 2.21. The number of rotatable bonds is 4. The van der Waals surface area contributed by atoms with Gasteiger partial charge in [0.15, 0.2) is 0 Å². The van der Waals surface area contributed by atoms with E-state index < -0.39 is 0 Å².